The van der Waals surface area contributed by atoms with Gasteiger partial charge in [-0.25, -0.2) is 9.18 Å². The SMILES string of the molecule is Cc1ccc(F)cc1C(OCC#N)C1CCCN(C(=O)OC(C)(C)C)C1. The van der Waals surface area contributed by atoms with Crippen LogP contribution in [0.2, 0.25) is 0 Å². The van der Waals surface area contributed by atoms with E-state index in [2.05, 4.69) is 0 Å². The second-order valence-electron chi connectivity index (χ2n) is 7.72. The van der Waals surface area contributed by atoms with Gasteiger partial charge in [0, 0.05) is 19.0 Å². The van der Waals surface area contributed by atoms with Crippen molar-refractivity contribution in [2.45, 2.75) is 52.2 Å². The summed E-state index contributed by atoms with van der Waals surface area (Å²) in [5, 5.41) is 8.92. The third kappa shape index (κ3) is 5.43. The molecular weight excluding hydrogens is 335 g/mol. The Balaban J connectivity index is 2.21. The Kier molecular flexibility index (Phi) is 6.60. The molecule has 2 atom stereocenters. The Morgan fingerprint density at radius 3 is 2.85 bits per heavy atom. The molecule has 1 aromatic carbocycles. The van der Waals surface area contributed by atoms with Crippen LogP contribution >= 0.6 is 0 Å². The molecule has 0 aromatic heterocycles. The largest absolute Gasteiger partial charge is 0.444 e. The third-order valence-electron chi connectivity index (χ3n) is 4.41. The lowest BCUT2D eigenvalue weighted by molar-refractivity contribution is -0.0168. The summed E-state index contributed by atoms with van der Waals surface area (Å²) in [7, 11) is 0. The van der Waals surface area contributed by atoms with Gasteiger partial charge in [0.15, 0.2) is 0 Å². The third-order valence-corrected chi connectivity index (χ3v) is 4.41. The zero-order valence-electron chi connectivity index (χ0n) is 15.9. The molecule has 0 spiro atoms. The molecular formula is C20H27FN2O3. The summed E-state index contributed by atoms with van der Waals surface area (Å²) < 4.78 is 25.0. The first kappa shape index (κ1) is 20.2. The average molecular weight is 362 g/mol. The predicted octanol–water partition coefficient (Wildman–Crippen LogP) is 4.36. The molecule has 5 nitrogen and oxygen atoms in total. The highest BCUT2D eigenvalue weighted by molar-refractivity contribution is 5.68. The van der Waals surface area contributed by atoms with Gasteiger partial charge in [0.1, 0.15) is 18.0 Å². The van der Waals surface area contributed by atoms with Crippen LogP contribution in [0.25, 0.3) is 0 Å². The quantitative estimate of drug-likeness (QED) is 0.798. The second kappa shape index (κ2) is 8.50. The van der Waals surface area contributed by atoms with Crippen LogP contribution < -0.4 is 0 Å². The Labute approximate surface area is 154 Å². The Hall–Kier alpha value is -2.13. The fourth-order valence-corrected chi connectivity index (χ4v) is 3.27. The highest BCUT2D eigenvalue weighted by Crippen LogP contribution is 2.35. The van der Waals surface area contributed by atoms with Crippen LogP contribution in [0.1, 0.15) is 50.8 Å². The zero-order chi connectivity index (χ0) is 19.3. The number of amides is 1. The molecule has 26 heavy (non-hydrogen) atoms. The molecule has 2 rings (SSSR count). The van der Waals surface area contributed by atoms with Gasteiger partial charge in [-0.3, -0.25) is 0 Å². The maximum absolute atomic E-state index is 13.8. The number of hydrogen-bond acceptors (Lipinski definition) is 4. The number of likely N-dealkylation sites (tertiary alicyclic amines) is 1. The molecule has 1 aromatic rings. The van der Waals surface area contributed by atoms with Gasteiger partial charge in [-0.05, 0) is 63.8 Å². The first-order chi connectivity index (χ1) is 12.2. The fourth-order valence-electron chi connectivity index (χ4n) is 3.27. The molecule has 6 heteroatoms. The van der Waals surface area contributed by atoms with Crippen LogP contribution in [0.4, 0.5) is 9.18 Å². The van der Waals surface area contributed by atoms with Crippen LogP contribution in [0, 0.1) is 30.0 Å². The molecule has 1 fully saturated rings. The highest BCUT2D eigenvalue weighted by Gasteiger charge is 2.33. The van der Waals surface area contributed by atoms with Crippen molar-refractivity contribution in [3.05, 3.63) is 35.1 Å². The van der Waals surface area contributed by atoms with Crippen molar-refractivity contribution >= 4 is 6.09 Å². The molecule has 1 aliphatic rings. The smallest absolute Gasteiger partial charge is 0.410 e. The lowest BCUT2D eigenvalue weighted by Crippen LogP contribution is -2.44. The molecule has 1 saturated heterocycles. The van der Waals surface area contributed by atoms with Crippen molar-refractivity contribution in [1.82, 2.24) is 4.90 Å². The van der Waals surface area contributed by atoms with Crippen LogP contribution in [0.15, 0.2) is 18.2 Å². The standard InChI is InChI=1S/C20H27FN2O3/c1-14-7-8-16(21)12-17(14)18(25-11-9-22)15-6-5-10-23(13-15)19(24)26-20(2,3)4/h7-8,12,15,18H,5-6,10-11,13H2,1-4H3. The van der Waals surface area contributed by atoms with E-state index in [4.69, 9.17) is 14.7 Å². The lowest BCUT2D eigenvalue weighted by atomic mass is 9.86. The Bertz CT molecular complexity index is 679. The van der Waals surface area contributed by atoms with E-state index in [0.717, 1.165) is 24.0 Å². The maximum Gasteiger partial charge on any atom is 0.410 e. The number of aryl methyl sites for hydroxylation is 1. The molecule has 1 amide bonds. The number of piperidine rings is 1. The number of nitrogens with zero attached hydrogens (tertiary/aromatic N) is 2. The monoisotopic (exact) mass is 362 g/mol. The van der Waals surface area contributed by atoms with Gasteiger partial charge in [0.2, 0.25) is 0 Å². The average Bonchev–Trinajstić information content (AvgIpc) is 2.57. The molecule has 2 unspecified atom stereocenters. The van der Waals surface area contributed by atoms with Crippen molar-refractivity contribution in [2.75, 3.05) is 19.7 Å². The van der Waals surface area contributed by atoms with E-state index < -0.39 is 11.7 Å². The van der Waals surface area contributed by atoms with E-state index in [-0.39, 0.29) is 24.4 Å². The molecule has 0 bridgehead atoms. The first-order valence-corrected chi connectivity index (χ1v) is 8.94. The van der Waals surface area contributed by atoms with Gasteiger partial charge >= 0.3 is 6.09 Å². The van der Waals surface area contributed by atoms with E-state index >= 15 is 0 Å². The molecule has 1 heterocycles. The number of rotatable bonds is 4. The molecule has 1 aliphatic heterocycles. The van der Waals surface area contributed by atoms with Crippen molar-refractivity contribution in [3.8, 4) is 6.07 Å². The summed E-state index contributed by atoms with van der Waals surface area (Å²) in [6.45, 7) is 8.40. The van der Waals surface area contributed by atoms with Crippen molar-refractivity contribution in [1.29, 1.82) is 5.26 Å². The summed E-state index contributed by atoms with van der Waals surface area (Å²) in [6, 6.07) is 6.57. The van der Waals surface area contributed by atoms with E-state index in [1.54, 1.807) is 11.0 Å². The molecule has 0 N–H and O–H groups in total. The number of nitriles is 1. The first-order valence-electron chi connectivity index (χ1n) is 8.94. The highest BCUT2D eigenvalue weighted by atomic mass is 19.1. The molecule has 142 valence electrons. The van der Waals surface area contributed by atoms with Crippen molar-refractivity contribution in [2.24, 2.45) is 5.92 Å². The number of benzene rings is 1. The summed E-state index contributed by atoms with van der Waals surface area (Å²) in [5.41, 5.74) is 1.08. The van der Waals surface area contributed by atoms with E-state index in [0.29, 0.717) is 13.1 Å². The van der Waals surface area contributed by atoms with Gasteiger partial charge < -0.3 is 14.4 Å². The van der Waals surface area contributed by atoms with E-state index in [1.165, 1.54) is 12.1 Å². The van der Waals surface area contributed by atoms with Crippen molar-refractivity contribution < 1.29 is 18.7 Å². The maximum atomic E-state index is 13.8. The van der Waals surface area contributed by atoms with Crippen LogP contribution in [-0.4, -0.2) is 36.3 Å². The van der Waals surface area contributed by atoms with E-state index in [9.17, 15) is 9.18 Å². The minimum atomic E-state index is -0.556. The summed E-state index contributed by atoms with van der Waals surface area (Å²) in [4.78, 5) is 14.1. The number of carbonyl (C=O) groups excluding carboxylic acids is 1. The predicted molar refractivity (Wildman–Crippen MR) is 96.0 cm³/mol. The van der Waals surface area contributed by atoms with Gasteiger partial charge in [0.05, 0.1) is 12.2 Å². The van der Waals surface area contributed by atoms with Gasteiger partial charge in [-0.15, -0.1) is 0 Å². The summed E-state index contributed by atoms with van der Waals surface area (Å²) >= 11 is 0. The minimum absolute atomic E-state index is 0.0230. The van der Waals surface area contributed by atoms with Crippen LogP contribution in [0.3, 0.4) is 0 Å². The summed E-state index contributed by atoms with van der Waals surface area (Å²) in [6.07, 6.45) is 0.864. The molecule has 0 aliphatic carbocycles. The van der Waals surface area contributed by atoms with E-state index in [1.807, 2.05) is 33.8 Å². The van der Waals surface area contributed by atoms with Gasteiger partial charge in [-0.1, -0.05) is 6.07 Å². The Morgan fingerprint density at radius 1 is 1.46 bits per heavy atom. The molecule has 0 radical (unpaired) electrons. The van der Waals surface area contributed by atoms with Crippen LogP contribution in [0.5, 0.6) is 0 Å². The molecule has 0 saturated carbocycles. The number of hydrogen-bond donors (Lipinski definition) is 0. The zero-order valence-corrected chi connectivity index (χ0v) is 15.9. The fraction of sp³-hybridized carbons (Fsp3) is 0.600. The van der Waals surface area contributed by atoms with Crippen LogP contribution in [-0.2, 0) is 9.47 Å². The van der Waals surface area contributed by atoms with Gasteiger partial charge in [0.25, 0.3) is 0 Å². The summed E-state index contributed by atoms with van der Waals surface area (Å²) in [5.74, 6) is -0.360. The lowest BCUT2D eigenvalue weighted by Gasteiger charge is -2.37. The Morgan fingerprint density at radius 2 is 2.19 bits per heavy atom. The number of carbonyl (C=O) groups is 1. The number of halogens is 1. The van der Waals surface area contributed by atoms with Gasteiger partial charge in [-0.2, -0.15) is 5.26 Å². The minimum Gasteiger partial charge on any atom is -0.444 e. The van der Waals surface area contributed by atoms with Crippen molar-refractivity contribution in [3.63, 3.8) is 0 Å². The second-order valence-corrected chi connectivity index (χ2v) is 7.72. The normalized spacial score (nSPS) is 18.9. The number of ether oxygens (including phenoxy) is 2. The topological polar surface area (TPSA) is 62.6 Å².